The molecule has 1 saturated heterocycles. The van der Waals surface area contributed by atoms with Crippen molar-refractivity contribution in [2.24, 2.45) is 12.8 Å². The number of fused-ring (bicyclic) bond motifs is 1. The van der Waals surface area contributed by atoms with E-state index in [1.54, 1.807) is 16.9 Å². The second kappa shape index (κ2) is 8.51. The SMILES string of the molecule is Cn1cc(-c2ccc3cnc(CC(=O)c4ccnc(N5CCC(N)CC5)c4)cc3c2)cn1. The number of aryl methyl sites for hydroxylation is 1. The molecule has 0 unspecified atom stereocenters. The molecule has 4 aromatic rings. The summed E-state index contributed by atoms with van der Waals surface area (Å²) in [6, 6.07) is 12.2. The lowest BCUT2D eigenvalue weighted by molar-refractivity contribution is 0.0992. The molecule has 4 heterocycles. The van der Waals surface area contributed by atoms with Crippen LogP contribution in [0.5, 0.6) is 0 Å². The van der Waals surface area contributed by atoms with E-state index in [0.717, 1.165) is 59.3 Å². The molecule has 162 valence electrons. The second-order valence-electron chi connectivity index (χ2n) is 8.47. The Balaban J connectivity index is 1.36. The maximum atomic E-state index is 13.0. The smallest absolute Gasteiger partial charge is 0.169 e. The first-order valence-corrected chi connectivity index (χ1v) is 10.9. The van der Waals surface area contributed by atoms with Crippen LogP contribution in [0.1, 0.15) is 28.9 Å². The fourth-order valence-corrected chi connectivity index (χ4v) is 4.19. The van der Waals surface area contributed by atoms with Crippen LogP contribution in [-0.4, -0.2) is 44.7 Å². The molecule has 1 fully saturated rings. The molecule has 3 aromatic heterocycles. The number of Topliss-reactive ketones (excluding diaryl/α,β-unsaturated/α-hetero) is 1. The zero-order chi connectivity index (χ0) is 22.1. The molecule has 0 saturated carbocycles. The highest BCUT2D eigenvalue weighted by atomic mass is 16.1. The van der Waals surface area contributed by atoms with E-state index in [4.69, 9.17) is 5.73 Å². The number of piperidine rings is 1. The van der Waals surface area contributed by atoms with Gasteiger partial charge in [0.1, 0.15) is 5.82 Å². The van der Waals surface area contributed by atoms with E-state index < -0.39 is 0 Å². The van der Waals surface area contributed by atoms with Crippen LogP contribution in [0.2, 0.25) is 0 Å². The van der Waals surface area contributed by atoms with E-state index in [1.165, 1.54) is 0 Å². The highest BCUT2D eigenvalue weighted by Crippen LogP contribution is 2.25. The molecule has 7 heteroatoms. The zero-order valence-corrected chi connectivity index (χ0v) is 18.1. The third-order valence-corrected chi connectivity index (χ3v) is 6.09. The van der Waals surface area contributed by atoms with Gasteiger partial charge in [0.15, 0.2) is 5.78 Å². The lowest BCUT2D eigenvalue weighted by Gasteiger charge is -2.31. The van der Waals surface area contributed by atoms with Crippen LogP contribution >= 0.6 is 0 Å². The van der Waals surface area contributed by atoms with Gasteiger partial charge in [-0.2, -0.15) is 5.10 Å². The minimum atomic E-state index is 0.0395. The molecule has 5 rings (SSSR count). The maximum Gasteiger partial charge on any atom is 0.169 e. The fourth-order valence-electron chi connectivity index (χ4n) is 4.19. The van der Waals surface area contributed by atoms with Crippen molar-refractivity contribution in [2.45, 2.75) is 25.3 Å². The number of hydrogen-bond acceptors (Lipinski definition) is 6. The number of anilines is 1. The monoisotopic (exact) mass is 426 g/mol. The molecule has 1 aliphatic rings. The topological polar surface area (TPSA) is 89.9 Å². The number of carbonyl (C=O) groups excluding carboxylic acids is 1. The van der Waals surface area contributed by atoms with Crippen LogP contribution in [0.3, 0.4) is 0 Å². The van der Waals surface area contributed by atoms with Crippen molar-refractivity contribution in [3.63, 3.8) is 0 Å². The van der Waals surface area contributed by atoms with Crippen LogP contribution in [0.15, 0.2) is 61.2 Å². The molecule has 32 heavy (non-hydrogen) atoms. The minimum absolute atomic E-state index is 0.0395. The number of ketones is 1. The molecule has 0 atom stereocenters. The van der Waals surface area contributed by atoms with Gasteiger partial charge >= 0.3 is 0 Å². The predicted octanol–water partition coefficient (Wildman–Crippen LogP) is 3.38. The van der Waals surface area contributed by atoms with Gasteiger partial charge in [-0.1, -0.05) is 12.1 Å². The van der Waals surface area contributed by atoms with E-state index in [2.05, 4.69) is 38.2 Å². The van der Waals surface area contributed by atoms with Gasteiger partial charge in [0.2, 0.25) is 0 Å². The van der Waals surface area contributed by atoms with Crippen molar-refractivity contribution < 1.29 is 4.79 Å². The Morgan fingerprint density at radius 2 is 1.88 bits per heavy atom. The number of rotatable bonds is 5. The normalized spacial score (nSPS) is 14.8. The van der Waals surface area contributed by atoms with Crippen molar-refractivity contribution in [1.29, 1.82) is 0 Å². The van der Waals surface area contributed by atoms with E-state index in [0.29, 0.717) is 5.56 Å². The van der Waals surface area contributed by atoms with Crippen molar-refractivity contribution in [2.75, 3.05) is 18.0 Å². The molecule has 0 spiro atoms. The quantitative estimate of drug-likeness (QED) is 0.492. The standard InChI is InChI=1S/C25H26N6O/c1-30-16-21(15-29-30)17-2-3-19-14-28-23(11-20(19)10-17)13-24(32)18-4-7-27-25(12-18)31-8-5-22(26)6-9-31/h2-4,7,10-12,14-16,22H,5-6,8-9,13,26H2,1H3. The Bertz CT molecular complexity index is 1270. The Morgan fingerprint density at radius 3 is 2.66 bits per heavy atom. The minimum Gasteiger partial charge on any atom is -0.356 e. The Kier molecular flexibility index (Phi) is 5.41. The number of pyridine rings is 2. The molecule has 1 aromatic carbocycles. The molecule has 0 radical (unpaired) electrons. The number of benzene rings is 1. The molecule has 0 bridgehead atoms. The average Bonchev–Trinajstić information content (AvgIpc) is 3.25. The maximum absolute atomic E-state index is 13.0. The van der Waals surface area contributed by atoms with Gasteiger partial charge in [-0.05, 0) is 48.1 Å². The second-order valence-corrected chi connectivity index (χ2v) is 8.47. The van der Waals surface area contributed by atoms with Crippen molar-refractivity contribution in [3.8, 4) is 11.1 Å². The first-order chi connectivity index (χ1) is 15.5. The first-order valence-electron chi connectivity index (χ1n) is 10.9. The Morgan fingerprint density at radius 1 is 1.03 bits per heavy atom. The van der Waals surface area contributed by atoms with E-state index in [9.17, 15) is 4.79 Å². The van der Waals surface area contributed by atoms with Crippen LogP contribution in [0, 0.1) is 0 Å². The van der Waals surface area contributed by atoms with Gasteiger partial charge in [-0.25, -0.2) is 4.98 Å². The fraction of sp³-hybridized carbons (Fsp3) is 0.280. The van der Waals surface area contributed by atoms with E-state index in [1.807, 2.05) is 37.8 Å². The van der Waals surface area contributed by atoms with Gasteiger partial charge < -0.3 is 10.6 Å². The van der Waals surface area contributed by atoms with E-state index in [-0.39, 0.29) is 18.2 Å². The largest absolute Gasteiger partial charge is 0.356 e. The Labute approximate surface area is 186 Å². The van der Waals surface area contributed by atoms with Crippen LogP contribution in [-0.2, 0) is 13.5 Å². The highest BCUT2D eigenvalue weighted by Gasteiger charge is 2.18. The molecule has 0 aliphatic carbocycles. The summed E-state index contributed by atoms with van der Waals surface area (Å²) in [5, 5.41) is 6.36. The summed E-state index contributed by atoms with van der Waals surface area (Å²) in [5.41, 5.74) is 9.58. The van der Waals surface area contributed by atoms with Gasteiger partial charge in [0.25, 0.3) is 0 Å². The summed E-state index contributed by atoms with van der Waals surface area (Å²) < 4.78 is 1.79. The van der Waals surface area contributed by atoms with Crippen molar-refractivity contribution in [1.82, 2.24) is 19.7 Å². The summed E-state index contributed by atoms with van der Waals surface area (Å²) in [7, 11) is 1.91. The third-order valence-electron chi connectivity index (χ3n) is 6.09. The number of nitrogens with zero attached hydrogens (tertiary/aromatic N) is 5. The van der Waals surface area contributed by atoms with Gasteiger partial charge in [0.05, 0.1) is 12.6 Å². The molecule has 2 N–H and O–H groups in total. The predicted molar refractivity (Wildman–Crippen MR) is 126 cm³/mol. The van der Waals surface area contributed by atoms with Crippen LogP contribution in [0.25, 0.3) is 21.9 Å². The van der Waals surface area contributed by atoms with E-state index >= 15 is 0 Å². The number of aromatic nitrogens is 4. The van der Waals surface area contributed by atoms with Crippen molar-refractivity contribution in [3.05, 3.63) is 72.4 Å². The lowest BCUT2D eigenvalue weighted by Crippen LogP contribution is -2.40. The average molecular weight is 427 g/mol. The molecule has 0 amide bonds. The number of nitrogens with two attached hydrogens (primary N) is 1. The van der Waals surface area contributed by atoms with Crippen molar-refractivity contribution >= 4 is 22.4 Å². The number of carbonyl (C=O) groups is 1. The molecule has 7 nitrogen and oxygen atoms in total. The highest BCUT2D eigenvalue weighted by molar-refractivity contribution is 5.98. The lowest BCUT2D eigenvalue weighted by atomic mass is 10.0. The summed E-state index contributed by atoms with van der Waals surface area (Å²) >= 11 is 0. The van der Waals surface area contributed by atoms with Gasteiger partial charge in [-0.15, -0.1) is 0 Å². The zero-order valence-electron chi connectivity index (χ0n) is 18.1. The van der Waals surface area contributed by atoms with Gasteiger partial charge in [0, 0.05) is 67.0 Å². The summed E-state index contributed by atoms with van der Waals surface area (Å²) in [5.74, 6) is 0.882. The first kappa shape index (κ1) is 20.3. The van der Waals surface area contributed by atoms with Crippen LogP contribution in [0.4, 0.5) is 5.82 Å². The summed E-state index contributed by atoms with van der Waals surface area (Å²) in [4.78, 5) is 24.2. The number of hydrogen-bond donors (Lipinski definition) is 1. The third kappa shape index (κ3) is 4.24. The Hall–Kier alpha value is -3.58. The summed E-state index contributed by atoms with van der Waals surface area (Å²) in [6.45, 7) is 1.74. The molecule has 1 aliphatic heterocycles. The van der Waals surface area contributed by atoms with Gasteiger partial charge in [-0.3, -0.25) is 14.5 Å². The molecular weight excluding hydrogens is 400 g/mol. The van der Waals surface area contributed by atoms with Crippen LogP contribution < -0.4 is 10.6 Å². The summed E-state index contributed by atoms with van der Waals surface area (Å²) in [6.07, 6.45) is 9.53. The molecular formula is C25H26N6O.